The molecule has 0 bridgehead atoms. The molecule has 34 heavy (non-hydrogen) atoms. The third-order valence-corrected chi connectivity index (χ3v) is 5.46. The van der Waals surface area contributed by atoms with Gasteiger partial charge in [0.15, 0.2) is 0 Å². The third-order valence-electron chi connectivity index (χ3n) is 4.64. The molecule has 0 fully saturated rings. The molecular formula is C22H15N5O6S. The Hall–Kier alpha value is -4.58. The van der Waals surface area contributed by atoms with Crippen LogP contribution in [0.15, 0.2) is 82.4 Å². The Morgan fingerprint density at radius 1 is 0.794 bits per heavy atom. The molecule has 4 aromatic rings. The number of carbonyl (C=O) groups excluding carboxylic acids is 1. The van der Waals surface area contributed by atoms with Crippen molar-refractivity contribution in [2.24, 2.45) is 0 Å². The Kier molecular flexibility index (Phi) is 6.59. The predicted octanol–water partition coefficient (Wildman–Crippen LogP) is 4.95. The Balaban J connectivity index is 1.31. The largest absolute Gasteiger partial charge is 0.411 e. The molecule has 0 aliphatic carbocycles. The molecule has 170 valence electrons. The van der Waals surface area contributed by atoms with Crippen molar-refractivity contribution >= 4 is 34.7 Å². The molecule has 1 amide bonds. The first-order chi connectivity index (χ1) is 16.4. The molecule has 0 saturated carbocycles. The highest BCUT2D eigenvalue weighted by Crippen LogP contribution is 2.26. The van der Waals surface area contributed by atoms with E-state index in [4.69, 9.17) is 4.42 Å². The van der Waals surface area contributed by atoms with E-state index in [1.807, 2.05) is 0 Å². The van der Waals surface area contributed by atoms with Crippen LogP contribution >= 0.6 is 11.8 Å². The summed E-state index contributed by atoms with van der Waals surface area (Å²) >= 11 is 1.06. The maximum atomic E-state index is 12.3. The van der Waals surface area contributed by atoms with Gasteiger partial charge in [-0.25, -0.2) is 0 Å². The van der Waals surface area contributed by atoms with Crippen LogP contribution in [0, 0.1) is 20.2 Å². The molecule has 3 aromatic carbocycles. The van der Waals surface area contributed by atoms with E-state index in [2.05, 4.69) is 15.5 Å². The molecule has 0 radical (unpaired) electrons. The normalized spacial score (nSPS) is 10.6. The molecular weight excluding hydrogens is 462 g/mol. The second-order valence-corrected chi connectivity index (χ2v) is 7.82. The van der Waals surface area contributed by atoms with Gasteiger partial charge in [-0.05, 0) is 47.5 Å². The smallest absolute Gasteiger partial charge is 0.277 e. The first-order valence-electron chi connectivity index (χ1n) is 9.75. The van der Waals surface area contributed by atoms with Crippen LogP contribution in [0.5, 0.6) is 0 Å². The summed E-state index contributed by atoms with van der Waals surface area (Å²) < 4.78 is 5.51. The molecule has 12 heteroatoms. The van der Waals surface area contributed by atoms with Gasteiger partial charge in [0.2, 0.25) is 11.8 Å². The Morgan fingerprint density at radius 3 is 1.82 bits per heavy atom. The number of nitro groups is 2. The number of hydrogen-bond donors (Lipinski definition) is 1. The molecule has 1 N–H and O–H groups in total. The minimum Gasteiger partial charge on any atom is -0.411 e. The van der Waals surface area contributed by atoms with E-state index in [-0.39, 0.29) is 34.1 Å². The second kappa shape index (κ2) is 9.92. The summed E-state index contributed by atoms with van der Waals surface area (Å²) in [6.07, 6.45) is 0. The number of hydrogen-bond acceptors (Lipinski definition) is 9. The summed E-state index contributed by atoms with van der Waals surface area (Å²) in [5, 5.41) is 32.2. The monoisotopic (exact) mass is 477 g/mol. The van der Waals surface area contributed by atoms with Crippen LogP contribution in [-0.4, -0.2) is 31.7 Å². The fraction of sp³-hybridized carbons (Fsp3) is 0.0455. The molecule has 0 aliphatic heterocycles. The van der Waals surface area contributed by atoms with E-state index in [0.29, 0.717) is 11.3 Å². The van der Waals surface area contributed by atoms with Gasteiger partial charge in [0.25, 0.3) is 16.6 Å². The zero-order valence-corrected chi connectivity index (χ0v) is 18.1. The predicted molar refractivity (Wildman–Crippen MR) is 124 cm³/mol. The quantitative estimate of drug-likeness (QED) is 0.211. The molecule has 1 heterocycles. The van der Waals surface area contributed by atoms with Crippen molar-refractivity contribution in [3.8, 4) is 22.6 Å². The van der Waals surface area contributed by atoms with Gasteiger partial charge < -0.3 is 9.73 Å². The third kappa shape index (κ3) is 5.42. The number of benzene rings is 3. The summed E-state index contributed by atoms with van der Waals surface area (Å²) in [7, 11) is 0. The van der Waals surface area contributed by atoms with Gasteiger partial charge in [-0.15, -0.1) is 10.2 Å². The van der Waals surface area contributed by atoms with Crippen LogP contribution in [0.1, 0.15) is 0 Å². The summed E-state index contributed by atoms with van der Waals surface area (Å²) in [6, 6.07) is 19.0. The number of amides is 1. The van der Waals surface area contributed by atoms with Gasteiger partial charge >= 0.3 is 0 Å². The lowest BCUT2D eigenvalue weighted by atomic mass is 10.1. The molecule has 0 spiro atoms. The van der Waals surface area contributed by atoms with Crippen molar-refractivity contribution in [1.82, 2.24) is 10.2 Å². The maximum Gasteiger partial charge on any atom is 0.277 e. The van der Waals surface area contributed by atoms with Crippen molar-refractivity contribution in [3.63, 3.8) is 0 Å². The molecule has 0 saturated heterocycles. The highest BCUT2D eigenvalue weighted by atomic mass is 32.2. The van der Waals surface area contributed by atoms with Gasteiger partial charge in [-0.1, -0.05) is 23.9 Å². The Bertz CT molecular complexity index is 1340. The molecule has 0 atom stereocenters. The fourth-order valence-corrected chi connectivity index (χ4v) is 3.52. The number of carbonyl (C=O) groups is 1. The van der Waals surface area contributed by atoms with E-state index < -0.39 is 9.85 Å². The van der Waals surface area contributed by atoms with Crippen molar-refractivity contribution in [2.45, 2.75) is 5.22 Å². The van der Waals surface area contributed by atoms with Gasteiger partial charge in [-0.2, -0.15) is 0 Å². The van der Waals surface area contributed by atoms with E-state index in [9.17, 15) is 25.0 Å². The minimum atomic E-state index is -0.499. The summed E-state index contributed by atoms with van der Waals surface area (Å²) in [6.45, 7) is 0. The highest BCUT2D eigenvalue weighted by Gasteiger charge is 2.13. The number of aromatic nitrogens is 2. The molecule has 0 aliphatic rings. The summed E-state index contributed by atoms with van der Waals surface area (Å²) in [5.41, 5.74) is 2.77. The number of anilines is 1. The van der Waals surface area contributed by atoms with Crippen LogP contribution in [-0.2, 0) is 4.79 Å². The van der Waals surface area contributed by atoms with Crippen molar-refractivity contribution in [1.29, 1.82) is 0 Å². The molecule has 0 unspecified atom stereocenters. The number of nitrogens with one attached hydrogen (secondary N) is 1. The van der Waals surface area contributed by atoms with Crippen molar-refractivity contribution in [2.75, 3.05) is 11.1 Å². The zero-order valence-electron chi connectivity index (χ0n) is 17.3. The molecule has 1 aromatic heterocycles. The van der Waals surface area contributed by atoms with Crippen LogP contribution in [0.25, 0.3) is 22.6 Å². The number of nitrogens with zero attached hydrogens (tertiary/aromatic N) is 4. The van der Waals surface area contributed by atoms with E-state index in [1.165, 1.54) is 36.4 Å². The SMILES string of the molecule is O=C(CSc1nnc(-c2ccc([N+](=O)[O-])cc2)o1)Nc1ccc(-c2ccc([N+](=O)[O-])cc2)cc1. The maximum absolute atomic E-state index is 12.3. The summed E-state index contributed by atoms with van der Waals surface area (Å²) in [4.78, 5) is 32.8. The van der Waals surface area contributed by atoms with Gasteiger partial charge in [0.05, 0.1) is 15.6 Å². The standard InChI is InChI=1S/C22H15N5O6S/c28-20(13-34-22-25-24-21(33-22)16-5-11-19(12-6-16)27(31)32)23-17-7-1-14(2-8-17)15-3-9-18(10-4-15)26(29)30/h1-12H,13H2,(H,23,28). The topological polar surface area (TPSA) is 154 Å². The van der Waals surface area contributed by atoms with E-state index >= 15 is 0 Å². The van der Waals surface area contributed by atoms with Gasteiger partial charge in [-0.3, -0.25) is 25.0 Å². The van der Waals surface area contributed by atoms with Gasteiger partial charge in [0.1, 0.15) is 0 Å². The Labute approximate surface area is 196 Å². The van der Waals surface area contributed by atoms with Crippen LogP contribution in [0.4, 0.5) is 17.1 Å². The lowest BCUT2D eigenvalue weighted by Crippen LogP contribution is -2.13. The number of rotatable bonds is 8. The summed E-state index contributed by atoms with van der Waals surface area (Å²) in [5.74, 6) is -0.0470. The zero-order chi connectivity index (χ0) is 24.1. The van der Waals surface area contributed by atoms with Gasteiger partial charge in [0, 0.05) is 35.5 Å². The number of non-ortho nitro benzene ring substituents is 2. The fourth-order valence-electron chi connectivity index (χ4n) is 2.96. The molecule has 4 rings (SSSR count). The second-order valence-electron chi connectivity index (χ2n) is 6.90. The van der Waals surface area contributed by atoms with Crippen LogP contribution < -0.4 is 5.32 Å². The van der Waals surface area contributed by atoms with Crippen LogP contribution in [0.2, 0.25) is 0 Å². The first-order valence-corrected chi connectivity index (χ1v) is 10.7. The first kappa shape index (κ1) is 22.6. The Morgan fingerprint density at radius 2 is 1.29 bits per heavy atom. The van der Waals surface area contributed by atoms with Crippen molar-refractivity contribution < 1.29 is 19.1 Å². The van der Waals surface area contributed by atoms with E-state index in [0.717, 1.165) is 22.9 Å². The number of thioether (sulfide) groups is 1. The molecule has 11 nitrogen and oxygen atoms in total. The average Bonchev–Trinajstić information content (AvgIpc) is 3.32. The van der Waals surface area contributed by atoms with E-state index in [1.54, 1.807) is 36.4 Å². The van der Waals surface area contributed by atoms with Crippen LogP contribution in [0.3, 0.4) is 0 Å². The number of nitro benzene ring substituents is 2. The minimum absolute atomic E-state index is 0.0197. The lowest BCUT2D eigenvalue weighted by molar-refractivity contribution is -0.385. The highest BCUT2D eigenvalue weighted by molar-refractivity contribution is 7.99. The van der Waals surface area contributed by atoms with Crippen molar-refractivity contribution in [3.05, 3.63) is 93.0 Å². The average molecular weight is 477 g/mol. The lowest BCUT2D eigenvalue weighted by Gasteiger charge is -2.06.